The molecule has 0 aromatic carbocycles. The Kier molecular flexibility index (Phi) is 1.88. The lowest BCUT2D eigenvalue weighted by Gasteiger charge is -1.96. The molecular weight excluding hydrogens is 176 g/mol. The lowest BCUT2D eigenvalue weighted by atomic mass is 10.1. The summed E-state index contributed by atoms with van der Waals surface area (Å²) >= 11 is 1.62. The van der Waals surface area contributed by atoms with Gasteiger partial charge in [-0.1, -0.05) is 5.16 Å². The van der Waals surface area contributed by atoms with Crippen LogP contribution < -0.4 is 0 Å². The van der Waals surface area contributed by atoms with Crippen molar-refractivity contribution < 1.29 is 9.32 Å². The Morgan fingerprint density at radius 1 is 1.67 bits per heavy atom. The third-order valence-corrected chi connectivity index (χ3v) is 2.82. The summed E-state index contributed by atoms with van der Waals surface area (Å²) in [7, 11) is 0. The Labute approximate surface area is 73.7 Å². The van der Waals surface area contributed by atoms with Gasteiger partial charge in [0, 0.05) is 5.75 Å². The first-order valence-electron chi connectivity index (χ1n) is 3.68. The number of hydrogen-bond acceptors (Lipinski definition) is 5. The Morgan fingerprint density at radius 3 is 3.00 bits per heavy atom. The van der Waals surface area contributed by atoms with E-state index in [2.05, 4.69) is 10.1 Å². The smallest absolute Gasteiger partial charge is 0.238 e. The van der Waals surface area contributed by atoms with Crippen LogP contribution in [0.2, 0.25) is 0 Å². The first-order valence-corrected chi connectivity index (χ1v) is 4.83. The van der Waals surface area contributed by atoms with E-state index in [1.807, 2.05) is 0 Å². The molecule has 12 heavy (non-hydrogen) atoms. The van der Waals surface area contributed by atoms with E-state index in [-0.39, 0.29) is 11.7 Å². The topological polar surface area (TPSA) is 56.0 Å². The zero-order valence-corrected chi connectivity index (χ0v) is 7.43. The molecule has 0 N–H and O–H groups in total. The molecule has 0 amide bonds. The molecule has 1 fully saturated rings. The predicted molar refractivity (Wildman–Crippen MR) is 44.1 cm³/mol. The lowest BCUT2D eigenvalue weighted by molar-refractivity contribution is -0.117. The molecule has 0 spiro atoms. The number of carbonyl (C=O) groups excluding carboxylic acids is 1. The van der Waals surface area contributed by atoms with Crippen LogP contribution in [0.4, 0.5) is 0 Å². The zero-order valence-electron chi connectivity index (χ0n) is 6.61. The van der Waals surface area contributed by atoms with Crippen LogP contribution in [-0.4, -0.2) is 27.4 Å². The highest BCUT2D eigenvalue weighted by molar-refractivity contribution is 8.00. The average Bonchev–Trinajstić information content (AvgIpc) is 2.58. The van der Waals surface area contributed by atoms with Crippen LogP contribution in [0.25, 0.3) is 0 Å². The Hall–Kier alpha value is -0.840. The van der Waals surface area contributed by atoms with Crippen LogP contribution in [-0.2, 0) is 4.79 Å². The molecule has 0 aliphatic carbocycles. The fourth-order valence-electron chi connectivity index (χ4n) is 1.13. The van der Waals surface area contributed by atoms with Crippen LogP contribution in [0, 0.1) is 6.92 Å². The summed E-state index contributed by atoms with van der Waals surface area (Å²) in [6.45, 7) is 1.75. The second kappa shape index (κ2) is 2.90. The normalized spacial score (nSPS) is 23.4. The van der Waals surface area contributed by atoms with Gasteiger partial charge in [0.05, 0.1) is 5.75 Å². The SMILES string of the molecule is Cc1noc(C2CSCC2=O)n1. The fourth-order valence-corrected chi connectivity index (χ4v) is 2.22. The fraction of sp³-hybridized carbons (Fsp3) is 0.571. The highest BCUT2D eigenvalue weighted by Crippen LogP contribution is 2.28. The summed E-state index contributed by atoms with van der Waals surface area (Å²) in [5, 5.41) is 3.65. The van der Waals surface area contributed by atoms with Crippen molar-refractivity contribution in [2.45, 2.75) is 12.8 Å². The lowest BCUT2D eigenvalue weighted by Crippen LogP contribution is -2.09. The van der Waals surface area contributed by atoms with Crippen LogP contribution in [0.5, 0.6) is 0 Å². The number of thioether (sulfide) groups is 1. The molecular formula is C7H8N2O2S. The van der Waals surface area contributed by atoms with Crippen LogP contribution >= 0.6 is 11.8 Å². The minimum atomic E-state index is -0.156. The maximum absolute atomic E-state index is 11.2. The molecule has 1 aromatic heterocycles. The van der Waals surface area contributed by atoms with E-state index >= 15 is 0 Å². The first kappa shape index (κ1) is 7.79. The molecule has 1 aliphatic rings. The summed E-state index contributed by atoms with van der Waals surface area (Å²) in [5.74, 6) is 2.46. The minimum Gasteiger partial charge on any atom is -0.339 e. The van der Waals surface area contributed by atoms with Gasteiger partial charge in [0.1, 0.15) is 5.92 Å². The summed E-state index contributed by atoms with van der Waals surface area (Å²) in [6, 6.07) is 0. The average molecular weight is 184 g/mol. The van der Waals surface area contributed by atoms with Gasteiger partial charge in [-0.25, -0.2) is 0 Å². The number of Topliss-reactive ketones (excluding diaryl/α,β-unsaturated/α-hetero) is 1. The number of aryl methyl sites for hydroxylation is 1. The number of ketones is 1. The molecule has 1 aromatic rings. The van der Waals surface area contributed by atoms with Gasteiger partial charge in [-0.3, -0.25) is 4.79 Å². The van der Waals surface area contributed by atoms with Crippen molar-refractivity contribution in [1.29, 1.82) is 0 Å². The molecule has 2 heterocycles. The summed E-state index contributed by atoms with van der Waals surface area (Å²) < 4.78 is 4.92. The van der Waals surface area contributed by atoms with Crippen molar-refractivity contribution in [2.24, 2.45) is 0 Å². The van der Waals surface area contributed by atoms with Gasteiger partial charge in [-0.15, -0.1) is 0 Å². The minimum absolute atomic E-state index is 0.156. The Balaban J connectivity index is 2.24. The van der Waals surface area contributed by atoms with E-state index in [0.29, 0.717) is 17.5 Å². The molecule has 0 bridgehead atoms. The van der Waals surface area contributed by atoms with Gasteiger partial charge in [-0.2, -0.15) is 16.7 Å². The van der Waals surface area contributed by atoms with Crippen LogP contribution in [0.15, 0.2) is 4.52 Å². The van der Waals surface area contributed by atoms with Gasteiger partial charge in [-0.05, 0) is 6.92 Å². The van der Waals surface area contributed by atoms with E-state index in [9.17, 15) is 4.79 Å². The van der Waals surface area contributed by atoms with Crippen molar-refractivity contribution in [3.05, 3.63) is 11.7 Å². The molecule has 2 rings (SSSR count). The first-order chi connectivity index (χ1) is 5.77. The summed E-state index contributed by atoms with van der Waals surface area (Å²) in [6.07, 6.45) is 0. The quantitative estimate of drug-likeness (QED) is 0.645. The van der Waals surface area contributed by atoms with Gasteiger partial charge >= 0.3 is 0 Å². The largest absolute Gasteiger partial charge is 0.339 e. The maximum atomic E-state index is 11.2. The monoisotopic (exact) mass is 184 g/mol. The highest BCUT2D eigenvalue weighted by atomic mass is 32.2. The second-order valence-electron chi connectivity index (χ2n) is 2.71. The van der Waals surface area contributed by atoms with E-state index in [0.717, 1.165) is 5.75 Å². The van der Waals surface area contributed by atoms with E-state index in [1.54, 1.807) is 18.7 Å². The number of rotatable bonds is 1. The molecule has 1 saturated heterocycles. The highest BCUT2D eigenvalue weighted by Gasteiger charge is 2.31. The molecule has 0 saturated carbocycles. The van der Waals surface area contributed by atoms with Crippen molar-refractivity contribution in [2.75, 3.05) is 11.5 Å². The van der Waals surface area contributed by atoms with Crippen molar-refractivity contribution in [1.82, 2.24) is 10.1 Å². The number of nitrogens with zero attached hydrogens (tertiary/aromatic N) is 2. The molecule has 5 heteroatoms. The zero-order chi connectivity index (χ0) is 8.55. The van der Waals surface area contributed by atoms with Gasteiger partial charge in [0.15, 0.2) is 11.6 Å². The predicted octanol–water partition coefficient (Wildman–Crippen LogP) is 0.778. The van der Waals surface area contributed by atoms with Crippen molar-refractivity contribution >= 4 is 17.5 Å². The Morgan fingerprint density at radius 2 is 2.50 bits per heavy atom. The number of aromatic nitrogens is 2. The third kappa shape index (κ3) is 1.24. The van der Waals surface area contributed by atoms with Crippen LogP contribution in [0.1, 0.15) is 17.6 Å². The van der Waals surface area contributed by atoms with Gasteiger partial charge in [0.25, 0.3) is 0 Å². The standard InChI is InChI=1S/C7H8N2O2S/c1-4-8-7(11-9-4)5-2-12-3-6(5)10/h5H,2-3H2,1H3. The van der Waals surface area contributed by atoms with E-state index in [4.69, 9.17) is 4.52 Å². The summed E-state index contributed by atoms with van der Waals surface area (Å²) in [5.41, 5.74) is 0. The van der Waals surface area contributed by atoms with Crippen molar-refractivity contribution in [3.63, 3.8) is 0 Å². The second-order valence-corrected chi connectivity index (χ2v) is 3.74. The molecule has 0 radical (unpaired) electrons. The number of carbonyl (C=O) groups is 1. The number of hydrogen-bond donors (Lipinski definition) is 0. The van der Waals surface area contributed by atoms with E-state index in [1.165, 1.54) is 0 Å². The molecule has 1 atom stereocenters. The van der Waals surface area contributed by atoms with Gasteiger partial charge < -0.3 is 4.52 Å². The van der Waals surface area contributed by atoms with Gasteiger partial charge in [0.2, 0.25) is 5.89 Å². The van der Waals surface area contributed by atoms with Crippen LogP contribution in [0.3, 0.4) is 0 Å². The third-order valence-electron chi connectivity index (χ3n) is 1.76. The van der Waals surface area contributed by atoms with Crippen molar-refractivity contribution in [3.8, 4) is 0 Å². The molecule has 1 aliphatic heterocycles. The summed E-state index contributed by atoms with van der Waals surface area (Å²) in [4.78, 5) is 15.3. The molecule has 64 valence electrons. The van der Waals surface area contributed by atoms with E-state index < -0.39 is 0 Å². The molecule has 4 nitrogen and oxygen atoms in total. The Bertz CT molecular complexity index is 310. The molecule has 1 unspecified atom stereocenters. The maximum Gasteiger partial charge on any atom is 0.238 e.